The van der Waals surface area contributed by atoms with E-state index in [2.05, 4.69) is 20.5 Å². The molecular weight excluding hydrogens is 330 g/mol. The Balaban J connectivity index is 1.70. The monoisotopic (exact) mass is 345 g/mol. The van der Waals surface area contributed by atoms with Crippen LogP contribution in [0.4, 0.5) is 11.4 Å². The molecule has 2 aromatic heterocycles. The van der Waals surface area contributed by atoms with E-state index in [0.29, 0.717) is 16.8 Å². The van der Waals surface area contributed by atoms with Crippen LogP contribution in [0.3, 0.4) is 0 Å². The number of pyridine rings is 1. The largest absolute Gasteiger partial charge is 0.508 e. The number of fused-ring (bicyclic) bond motifs is 1. The normalized spacial score (nSPS) is 10.8. The molecule has 0 unspecified atom stereocenters. The third kappa shape index (κ3) is 2.93. The molecule has 0 spiro atoms. The van der Waals surface area contributed by atoms with Gasteiger partial charge in [-0.3, -0.25) is 14.9 Å². The molecule has 0 radical (unpaired) electrons. The number of aromatic hydroxyl groups is 1. The minimum absolute atomic E-state index is 0.133. The van der Waals surface area contributed by atoms with Crippen molar-refractivity contribution < 1.29 is 9.90 Å². The molecule has 0 fully saturated rings. The van der Waals surface area contributed by atoms with Gasteiger partial charge in [0, 0.05) is 29.0 Å². The summed E-state index contributed by atoms with van der Waals surface area (Å²) in [6.45, 7) is 0. The predicted octanol–water partition coefficient (Wildman–Crippen LogP) is 3.17. The van der Waals surface area contributed by atoms with Gasteiger partial charge in [-0.25, -0.2) is 0 Å². The van der Waals surface area contributed by atoms with Gasteiger partial charge in [0.1, 0.15) is 5.75 Å². The molecule has 5 N–H and O–H groups in total. The number of nitrogens with zero attached hydrogens (tertiary/aromatic N) is 2. The number of nitrogens with two attached hydrogens (primary N) is 1. The Morgan fingerprint density at radius 2 is 1.85 bits per heavy atom. The first kappa shape index (κ1) is 15.6. The van der Waals surface area contributed by atoms with Crippen molar-refractivity contribution in [2.75, 3.05) is 11.1 Å². The number of amides is 1. The maximum absolute atomic E-state index is 12.6. The van der Waals surface area contributed by atoms with Crippen LogP contribution in [0, 0.1) is 0 Å². The lowest BCUT2D eigenvalue weighted by Crippen LogP contribution is -2.12. The van der Waals surface area contributed by atoms with E-state index >= 15 is 0 Å². The molecule has 4 rings (SSSR count). The summed E-state index contributed by atoms with van der Waals surface area (Å²) >= 11 is 0. The molecule has 26 heavy (non-hydrogen) atoms. The second-order valence-electron chi connectivity index (χ2n) is 5.84. The number of nitrogens with one attached hydrogen (secondary N) is 2. The van der Waals surface area contributed by atoms with Crippen molar-refractivity contribution in [3.8, 4) is 16.9 Å². The van der Waals surface area contributed by atoms with E-state index in [9.17, 15) is 9.90 Å². The lowest BCUT2D eigenvalue weighted by atomic mass is 10.0. The van der Waals surface area contributed by atoms with Crippen LogP contribution in [0.1, 0.15) is 10.5 Å². The number of aromatic nitrogens is 3. The van der Waals surface area contributed by atoms with Crippen molar-refractivity contribution in [1.29, 1.82) is 0 Å². The number of H-pyrrole nitrogens is 1. The number of anilines is 2. The van der Waals surface area contributed by atoms with Crippen LogP contribution < -0.4 is 11.1 Å². The Bertz CT molecular complexity index is 1100. The fourth-order valence-electron chi connectivity index (χ4n) is 2.72. The number of hydrogen-bond acceptors (Lipinski definition) is 5. The zero-order chi connectivity index (χ0) is 18.1. The minimum atomic E-state index is -0.343. The molecule has 0 saturated heterocycles. The van der Waals surface area contributed by atoms with E-state index < -0.39 is 0 Å². The molecule has 0 atom stereocenters. The molecule has 128 valence electrons. The van der Waals surface area contributed by atoms with Gasteiger partial charge in [-0.15, -0.1) is 0 Å². The van der Waals surface area contributed by atoms with Crippen LogP contribution in [0.15, 0.2) is 60.9 Å². The standard InChI is InChI=1S/C19H15N5O2/c20-13-7-12(9-21-10-13)11-1-6-17-16(8-11)18(24-23-17)19(26)22-14-2-4-15(25)5-3-14/h1-10,25H,20H2,(H,22,26)(H,23,24). The van der Waals surface area contributed by atoms with Crippen molar-refractivity contribution in [2.24, 2.45) is 0 Å². The number of carbonyl (C=O) groups is 1. The van der Waals surface area contributed by atoms with Crippen molar-refractivity contribution in [1.82, 2.24) is 15.2 Å². The zero-order valence-electron chi connectivity index (χ0n) is 13.6. The van der Waals surface area contributed by atoms with Gasteiger partial charge in [-0.1, -0.05) is 6.07 Å². The Kier molecular flexibility index (Phi) is 3.74. The van der Waals surface area contributed by atoms with Gasteiger partial charge in [0.15, 0.2) is 5.69 Å². The maximum atomic E-state index is 12.6. The molecule has 0 aliphatic carbocycles. The van der Waals surface area contributed by atoms with Gasteiger partial charge >= 0.3 is 0 Å². The van der Waals surface area contributed by atoms with Gasteiger partial charge < -0.3 is 16.2 Å². The van der Waals surface area contributed by atoms with Gasteiger partial charge in [0.2, 0.25) is 0 Å². The van der Waals surface area contributed by atoms with Gasteiger partial charge in [0.05, 0.1) is 11.2 Å². The second-order valence-corrected chi connectivity index (χ2v) is 5.84. The smallest absolute Gasteiger partial charge is 0.276 e. The summed E-state index contributed by atoms with van der Waals surface area (Å²) < 4.78 is 0. The summed E-state index contributed by atoms with van der Waals surface area (Å²) in [5.41, 5.74) is 9.72. The van der Waals surface area contributed by atoms with Crippen molar-refractivity contribution >= 4 is 28.2 Å². The van der Waals surface area contributed by atoms with Crippen LogP contribution in [0.2, 0.25) is 0 Å². The minimum Gasteiger partial charge on any atom is -0.508 e. The lowest BCUT2D eigenvalue weighted by Gasteiger charge is -2.05. The first-order valence-corrected chi connectivity index (χ1v) is 7.89. The molecule has 2 aromatic carbocycles. The first-order valence-electron chi connectivity index (χ1n) is 7.89. The van der Waals surface area contributed by atoms with Crippen molar-refractivity contribution in [3.63, 3.8) is 0 Å². The lowest BCUT2D eigenvalue weighted by molar-refractivity contribution is 0.102. The molecule has 7 nitrogen and oxygen atoms in total. The summed E-state index contributed by atoms with van der Waals surface area (Å²) in [5, 5.41) is 19.8. The summed E-state index contributed by atoms with van der Waals surface area (Å²) in [7, 11) is 0. The molecule has 1 amide bonds. The van der Waals surface area contributed by atoms with Crippen LogP contribution in [-0.2, 0) is 0 Å². The second kappa shape index (κ2) is 6.21. The van der Waals surface area contributed by atoms with E-state index in [1.165, 1.54) is 12.1 Å². The quantitative estimate of drug-likeness (QED) is 0.426. The molecule has 7 heteroatoms. The SMILES string of the molecule is Nc1cncc(-c2ccc3[nH]nc(C(=O)Nc4ccc(O)cc4)c3c2)c1. The molecule has 2 heterocycles. The van der Waals surface area contributed by atoms with Crippen LogP contribution in [0.5, 0.6) is 5.75 Å². The number of benzene rings is 2. The Morgan fingerprint density at radius 3 is 2.62 bits per heavy atom. The zero-order valence-corrected chi connectivity index (χ0v) is 13.6. The van der Waals surface area contributed by atoms with Crippen LogP contribution in [0.25, 0.3) is 22.0 Å². The highest BCUT2D eigenvalue weighted by Gasteiger charge is 2.15. The summed E-state index contributed by atoms with van der Waals surface area (Å²) in [6, 6.07) is 13.7. The summed E-state index contributed by atoms with van der Waals surface area (Å²) in [4.78, 5) is 16.7. The number of rotatable bonds is 3. The van der Waals surface area contributed by atoms with E-state index in [-0.39, 0.29) is 17.4 Å². The Labute approximate surface area is 148 Å². The highest BCUT2D eigenvalue weighted by molar-refractivity contribution is 6.11. The van der Waals surface area contributed by atoms with E-state index in [4.69, 9.17) is 5.73 Å². The number of aromatic amines is 1. The summed E-state index contributed by atoms with van der Waals surface area (Å²) in [5.74, 6) is -0.210. The van der Waals surface area contributed by atoms with Gasteiger partial charge in [-0.2, -0.15) is 5.10 Å². The maximum Gasteiger partial charge on any atom is 0.276 e. The third-order valence-corrected chi connectivity index (χ3v) is 4.00. The molecular formula is C19H15N5O2. The third-order valence-electron chi connectivity index (χ3n) is 4.00. The molecule has 0 aliphatic heterocycles. The number of carbonyl (C=O) groups excluding carboxylic acids is 1. The topological polar surface area (TPSA) is 117 Å². The van der Waals surface area contributed by atoms with E-state index in [1.807, 2.05) is 24.3 Å². The Hall–Kier alpha value is -3.87. The molecule has 0 saturated carbocycles. The fourth-order valence-corrected chi connectivity index (χ4v) is 2.72. The van der Waals surface area contributed by atoms with Gasteiger partial charge in [0.25, 0.3) is 5.91 Å². The highest BCUT2D eigenvalue weighted by atomic mass is 16.3. The van der Waals surface area contributed by atoms with E-state index in [0.717, 1.165) is 16.6 Å². The predicted molar refractivity (Wildman–Crippen MR) is 99.8 cm³/mol. The number of nitrogen functional groups attached to an aromatic ring is 1. The molecule has 0 bridgehead atoms. The number of phenols is 1. The Morgan fingerprint density at radius 1 is 1.04 bits per heavy atom. The summed E-state index contributed by atoms with van der Waals surface area (Å²) in [6.07, 6.45) is 3.30. The first-order chi connectivity index (χ1) is 12.6. The van der Waals surface area contributed by atoms with Gasteiger partial charge in [-0.05, 0) is 48.0 Å². The van der Waals surface area contributed by atoms with Crippen LogP contribution >= 0.6 is 0 Å². The molecule has 0 aliphatic rings. The van der Waals surface area contributed by atoms with Crippen molar-refractivity contribution in [2.45, 2.75) is 0 Å². The fraction of sp³-hybridized carbons (Fsp3) is 0. The molecule has 4 aromatic rings. The van der Waals surface area contributed by atoms with Crippen LogP contribution in [-0.4, -0.2) is 26.2 Å². The number of phenolic OH excluding ortho intramolecular Hbond substituents is 1. The van der Waals surface area contributed by atoms with Crippen molar-refractivity contribution in [3.05, 3.63) is 66.6 Å². The average molecular weight is 345 g/mol. The van der Waals surface area contributed by atoms with E-state index in [1.54, 1.807) is 24.5 Å². The average Bonchev–Trinajstić information content (AvgIpc) is 3.07. The number of hydrogen-bond donors (Lipinski definition) is 4. The highest BCUT2D eigenvalue weighted by Crippen LogP contribution is 2.26.